The van der Waals surface area contributed by atoms with E-state index in [0.29, 0.717) is 11.4 Å². The van der Waals surface area contributed by atoms with Gasteiger partial charge in [-0.3, -0.25) is 4.79 Å². The summed E-state index contributed by atoms with van der Waals surface area (Å²) in [5.74, 6) is -1.48. The summed E-state index contributed by atoms with van der Waals surface area (Å²) in [4.78, 5) is 22.6. The van der Waals surface area contributed by atoms with E-state index in [-0.39, 0.29) is 11.7 Å². The van der Waals surface area contributed by atoms with Gasteiger partial charge in [0.15, 0.2) is 5.76 Å². The van der Waals surface area contributed by atoms with Crippen molar-refractivity contribution in [3.63, 3.8) is 0 Å². The van der Waals surface area contributed by atoms with E-state index in [2.05, 4.69) is 5.32 Å². The molecule has 0 aromatic carbocycles. The minimum absolute atomic E-state index is 0.00464. The average molecular weight is 260 g/mol. The van der Waals surface area contributed by atoms with Crippen LogP contribution in [0, 0.1) is 5.92 Å². The molecule has 0 aliphatic rings. The summed E-state index contributed by atoms with van der Waals surface area (Å²) in [7, 11) is 0. The lowest BCUT2D eigenvalue weighted by Crippen LogP contribution is -2.41. The van der Waals surface area contributed by atoms with Crippen LogP contribution < -0.4 is 5.32 Å². The molecule has 1 atom stereocenters. The molecule has 0 saturated carbocycles. The van der Waals surface area contributed by atoms with Crippen LogP contribution in [0.3, 0.4) is 0 Å². The number of aliphatic carboxylic acids is 1. The number of amides is 1. The standard InChI is InChI=1S/C11H14ClNO4/c1-6(2)3-8(11(15)16)13-10(14)9-4-7(12)5-17-9/h4-6,8H,3H2,1-2H3,(H,13,14)(H,15,16)/t8-/m1/s1. The maximum absolute atomic E-state index is 11.6. The molecule has 1 heterocycles. The number of furan rings is 1. The van der Waals surface area contributed by atoms with E-state index in [9.17, 15) is 9.59 Å². The molecular weight excluding hydrogens is 246 g/mol. The van der Waals surface area contributed by atoms with Crippen LogP contribution in [0.25, 0.3) is 0 Å². The van der Waals surface area contributed by atoms with Crippen molar-refractivity contribution in [3.05, 3.63) is 23.1 Å². The van der Waals surface area contributed by atoms with Crippen molar-refractivity contribution < 1.29 is 19.1 Å². The fourth-order valence-electron chi connectivity index (χ4n) is 1.35. The quantitative estimate of drug-likeness (QED) is 0.849. The van der Waals surface area contributed by atoms with Crippen LogP contribution in [0.4, 0.5) is 0 Å². The summed E-state index contributed by atoms with van der Waals surface area (Å²) in [6, 6.07) is 0.414. The molecule has 94 valence electrons. The summed E-state index contributed by atoms with van der Waals surface area (Å²) in [6.07, 6.45) is 1.57. The molecule has 5 nitrogen and oxygen atoms in total. The SMILES string of the molecule is CC(C)C[C@@H](NC(=O)c1cc(Cl)co1)C(=O)O. The Morgan fingerprint density at radius 3 is 2.59 bits per heavy atom. The summed E-state index contributed by atoms with van der Waals surface area (Å²) >= 11 is 5.60. The number of carboxylic acids is 1. The highest BCUT2D eigenvalue weighted by Gasteiger charge is 2.23. The molecule has 0 aliphatic heterocycles. The number of hydrogen-bond acceptors (Lipinski definition) is 3. The molecule has 6 heteroatoms. The second-order valence-electron chi connectivity index (χ2n) is 4.12. The smallest absolute Gasteiger partial charge is 0.326 e. The zero-order valence-corrected chi connectivity index (χ0v) is 10.3. The first-order valence-corrected chi connectivity index (χ1v) is 5.55. The van der Waals surface area contributed by atoms with Crippen LogP contribution in [0.2, 0.25) is 5.02 Å². The molecule has 1 aromatic rings. The van der Waals surface area contributed by atoms with Crippen LogP contribution in [0.1, 0.15) is 30.8 Å². The Morgan fingerprint density at radius 1 is 1.53 bits per heavy atom. The second-order valence-corrected chi connectivity index (χ2v) is 4.56. The first-order valence-electron chi connectivity index (χ1n) is 5.18. The van der Waals surface area contributed by atoms with Crippen LogP contribution in [0.5, 0.6) is 0 Å². The van der Waals surface area contributed by atoms with Crippen LogP contribution in [-0.2, 0) is 4.79 Å². The minimum Gasteiger partial charge on any atom is -0.480 e. The largest absolute Gasteiger partial charge is 0.480 e. The monoisotopic (exact) mass is 259 g/mol. The molecule has 17 heavy (non-hydrogen) atoms. The van der Waals surface area contributed by atoms with Crippen LogP contribution in [-0.4, -0.2) is 23.0 Å². The van der Waals surface area contributed by atoms with E-state index < -0.39 is 17.9 Å². The highest BCUT2D eigenvalue weighted by atomic mass is 35.5. The third kappa shape index (κ3) is 4.11. The van der Waals surface area contributed by atoms with Crippen molar-refractivity contribution >= 4 is 23.5 Å². The normalized spacial score (nSPS) is 12.5. The van der Waals surface area contributed by atoms with E-state index in [1.807, 2.05) is 13.8 Å². The Balaban J connectivity index is 2.67. The van der Waals surface area contributed by atoms with Crippen molar-refractivity contribution in [1.82, 2.24) is 5.32 Å². The first-order chi connectivity index (χ1) is 7.90. The number of carboxylic acid groups (broad SMARTS) is 1. The summed E-state index contributed by atoms with van der Waals surface area (Å²) in [5, 5.41) is 11.6. The second kappa shape index (κ2) is 5.72. The number of halogens is 1. The van der Waals surface area contributed by atoms with Gasteiger partial charge < -0.3 is 14.8 Å². The van der Waals surface area contributed by atoms with Gasteiger partial charge in [0.25, 0.3) is 5.91 Å². The highest BCUT2D eigenvalue weighted by Crippen LogP contribution is 2.13. The number of rotatable bonds is 5. The van der Waals surface area contributed by atoms with E-state index in [1.165, 1.54) is 12.3 Å². The molecule has 0 spiro atoms. The molecule has 0 aliphatic carbocycles. The zero-order valence-electron chi connectivity index (χ0n) is 9.57. The van der Waals surface area contributed by atoms with Gasteiger partial charge in [-0.2, -0.15) is 0 Å². The van der Waals surface area contributed by atoms with Gasteiger partial charge in [-0.25, -0.2) is 4.79 Å². The van der Waals surface area contributed by atoms with Gasteiger partial charge in [0.2, 0.25) is 0 Å². The van der Waals surface area contributed by atoms with Gasteiger partial charge in [-0.15, -0.1) is 0 Å². The highest BCUT2D eigenvalue weighted by molar-refractivity contribution is 6.30. The zero-order chi connectivity index (χ0) is 13.0. The Morgan fingerprint density at radius 2 is 2.18 bits per heavy atom. The molecule has 2 N–H and O–H groups in total. The predicted octanol–water partition coefficient (Wildman–Crippen LogP) is 2.16. The Labute approximate surface area is 104 Å². The van der Waals surface area contributed by atoms with E-state index in [0.717, 1.165) is 0 Å². The molecule has 1 amide bonds. The third-order valence-electron chi connectivity index (χ3n) is 2.10. The van der Waals surface area contributed by atoms with Gasteiger partial charge in [-0.1, -0.05) is 25.4 Å². The Hall–Kier alpha value is -1.49. The average Bonchev–Trinajstić information content (AvgIpc) is 2.63. The first kappa shape index (κ1) is 13.6. The van der Waals surface area contributed by atoms with Gasteiger partial charge in [-0.05, 0) is 12.3 Å². The topological polar surface area (TPSA) is 79.5 Å². The maximum Gasteiger partial charge on any atom is 0.326 e. The molecule has 0 saturated heterocycles. The van der Waals surface area contributed by atoms with E-state index >= 15 is 0 Å². The van der Waals surface area contributed by atoms with Crippen molar-refractivity contribution in [3.8, 4) is 0 Å². The molecular formula is C11H14ClNO4. The lowest BCUT2D eigenvalue weighted by Gasteiger charge is -2.15. The van der Waals surface area contributed by atoms with E-state index in [4.69, 9.17) is 21.1 Å². The van der Waals surface area contributed by atoms with Crippen LogP contribution in [0.15, 0.2) is 16.7 Å². The maximum atomic E-state index is 11.6. The molecule has 1 rings (SSSR count). The number of carbonyl (C=O) groups excluding carboxylic acids is 1. The lowest BCUT2D eigenvalue weighted by atomic mass is 10.0. The summed E-state index contributed by atoms with van der Waals surface area (Å²) < 4.78 is 4.87. The molecule has 1 aromatic heterocycles. The van der Waals surface area contributed by atoms with Gasteiger partial charge in [0.05, 0.1) is 5.02 Å². The third-order valence-corrected chi connectivity index (χ3v) is 2.30. The minimum atomic E-state index is -1.07. The molecule has 0 bridgehead atoms. The van der Waals surface area contributed by atoms with E-state index in [1.54, 1.807) is 0 Å². The lowest BCUT2D eigenvalue weighted by molar-refractivity contribution is -0.139. The Kier molecular flexibility index (Phi) is 4.57. The Bertz CT molecular complexity index is 413. The predicted molar refractivity (Wildman–Crippen MR) is 62.1 cm³/mol. The van der Waals surface area contributed by atoms with Gasteiger partial charge in [0, 0.05) is 6.07 Å². The molecule has 0 unspecified atom stereocenters. The number of carbonyl (C=O) groups is 2. The van der Waals surface area contributed by atoms with Gasteiger partial charge >= 0.3 is 5.97 Å². The fourth-order valence-corrected chi connectivity index (χ4v) is 1.50. The molecule has 0 fully saturated rings. The summed E-state index contributed by atoms with van der Waals surface area (Å²) in [6.45, 7) is 3.76. The van der Waals surface area contributed by atoms with Crippen molar-refractivity contribution in [2.24, 2.45) is 5.92 Å². The van der Waals surface area contributed by atoms with Crippen molar-refractivity contribution in [1.29, 1.82) is 0 Å². The van der Waals surface area contributed by atoms with Crippen molar-refractivity contribution in [2.45, 2.75) is 26.3 Å². The van der Waals surface area contributed by atoms with Crippen molar-refractivity contribution in [2.75, 3.05) is 0 Å². The fraction of sp³-hybridized carbons (Fsp3) is 0.455. The van der Waals surface area contributed by atoms with Crippen LogP contribution >= 0.6 is 11.6 Å². The molecule has 0 radical (unpaired) electrons. The number of hydrogen-bond donors (Lipinski definition) is 2. The summed E-state index contributed by atoms with van der Waals surface area (Å²) in [5.41, 5.74) is 0. The number of nitrogens with one attached hydrogen (secondary N) is 1. The van der Waals surface area contributed by atoms with Gasteiger partial charge in [0.1, 0.15) is 12.3 Å².